The molecule has 7 heteroatoms. The van der Waals surface area contributed by atoms with Gasteiger partial charge in [-0.05, 0) is 49.2 Å². The summed E-state index contributed by atoms with van der Waals surface area (Å²) in [5, 5.41) is 11.1. The molecule has 1 aliphatic heterocycles. The third kappa shape index (κ3) is 3.82. The number of nitrogens with one attached hydrogen (secondary N) is 1. The van der Waals surface area contributed by atoms with Crippen LogP contribution in [-0.4, -0.2) is 46.2 Å². The zero-order chi connectivity index (χ0) is 20.5. The van der Waals surface area contributed by atoms with Gasteiger partial charge < -0.3 is 19.7 Å². The number of nitrogens with zero attached hydrogens (tertiary/aromatic N) is 1. The number of H-pyrrole nitrogens is 1. The molecule has 0 unspecified atom stereocenters. The molecule has 2 atom stereocenters. The second kappa shape index (κ2) is 7.83. The van der Waals surface area contributed by atoms with E-state index in [1.54, 1.807) is 30.0 Å². The highest BCUT2D eigenvalue weighted by Gasteiger charge is 2.30. The van der Waals surface area contributed by atoms with Crippen LogP contribution in [0.1, 0.15) is 28.9 Å². The van der Waals surface area contributed by atoms with E-state index in [-0.39, 0.29) is 17.5 Å². The van der Waals surface area contributed by atoms with E-state index in [4.69, 9.17) is 4.74 Å². The average Bonchev–Trinajstić information content (AvgIpc) is 2.91. The average molecular weight is 400 g/mol. The van der Waals surface area contributed by atoms with Gasteiger partial charge in [0.15, 0.2) is 11.6 Å². The first kappa shape index (κ1) is 19.4. The predicted molar refractivity (Wildman–Crippen MR) is 105 cm³/mol. The normalized spacial score (nSPS) is 19.9. The van der Waals surface area contributed by atoms with Crippen LogP contribution in [0.2, 0.25) is 0 Å². The smallest absolute Gasteiger partial charge is 0.270 e. The maximum Gasteiger partial charge on any atom is 0.270 e. The van der Waals surface area contributed by atoms with Crippen molar-refractivity contribution in [1.82, 2.24) is 9.88 Å². The Morgan fingerprint density at radius 2 is 1.93 bits per heavy atom. The number of benzene rings is 2. The zero-order valence-corrected chi connectivity index (χ0v) is 16.0. The van der Waals surface area contributed by atoms with Crippen LogP contribution in [-0.2, 0) is 0 Å². The highest BCUT2D eigenvalue weighted by molar-refractivity contribution is 6.00. The monoisotopic (exact) mass is 400 g/mol. The second-order valence-electron chi connectivity index (χ2n) is 7.34. The van der Waals surface area contributed by atoms with Crippen molar-refractivity contribution < 1.29 is 23.4 Å². The lowest BCUT2D eigenvalue weighted by atomic mass is 10.1. The van der Waals surface area contributed by atoms with Crippen molar-refractivity contribution in [2.75, 3.05) is 13.1 Å². The Hall–Kier alpha value is -2.93. The lowest BCUT2D eigenvalue weighted by molar-refractivity contribution is 0.0328. The summed E-state index contributed by atoms with van der Waals surface area (Å²) in [5.74, 6) is -0.967. The molecule has 1 fully saturated rings. The third-order valence-corrected chi connectivity index (χ3v) is 5.44. The number of aliphatic hydroxyl groups is 1. The number of aryl methyl sites for hydroxylation is 1. The van der Waals surface area contributed by atoms with Gasteiger partial charge in [0.25, 0.3) is 5.91 Å². The minimum absolute atomic E-state index is 0.0878. The molecule has 5 nitrogen and oxygen atoms in total. The molecule has 1 saturated heterocycles. The standard InChI is InChI=1S/C22H22F2N2O3/c1-13-15-12-14(23)6-7-17(15)25-21(13)22(28)26-10-8-18(27)20(9-11-26)29-19-5-3-2-4-16(19)24/h2-7,12,18,20,25,27H,8-11H2,1H3/t18-,20-/m0/s1. The van der Waals surface area contributed by atoms with Crippen molar-refractivity contribution in [3.05, 3.63) is 65.4 Å². The fourth-order valence-electron chi connectivity index (χ4n) is 3.78. The molecule has 0 bridgehead atoms. The van der Waals surface area contributed by atoms with Gasteiger partial charge in [-0.2, -0.15) is 0 Å². The summed E-state index contributed by atoms with van der Waals surface area (Å²) >= 11 is 0. The molecule has 1 aromatic heterocycles. The lowest BCUT2D eigenvalue weighted by Gasteiger charge is -2.22. The van der Waals surface area contributed by atoms with Gasteiger partial charge in [0.1, 0.15) is 17.6 Å². The van der Waals surface area contributed by atoms with E-state index in [0.717, 1.165) is 0 Å². The number of aliphatic hydroxyl groups excluding tert-OH is 1. The van der Waals surface area contributed by atoms with E-state index in [0.29, 0.717) is 48.1 Å². The van der Waals surface area contributed by atoms with Crippen molar-refractivity contribution in [2.45, 2.75) is 32.0 Å². The Balaban J connectivity index is 1.51. The number of carbonyl (C=O) groups is 1. The third-order valence-electron chi connectivity index (χ3n) is 5.44. The first-order valence-corrected chi connectivity index (χ1v) is 9.60. The lowest BCUT2D eigenvalue weighted by Crippen LogP contribution is -2.33. The largest absolute Gasteiger partial charge is 0.485 e. The fourth-order valence-corrected chi connectivity index (χ4v) is 3.78. The van der Waals surface area contributed by atoms with Gasteiger partial charge in [-0.15, -0.1) is 0 Å². The number of fused-ring (bicyclic) bond motifs is 1. The zero-order valence-electron chi connectivity index (χ0n) is 16.0. The molecule has 0 saturated carbocycles. The summed E-state index contributed by atoms with van der Waals surface area (Å²) in [7, 11) is 0. The van der Waals surface area contributed by atoms with E-state index in [1.807, 2.05) is 0 Å². The van der Waals surface area contributed by atoms with Gasteiger partial charge in [-0.25, -0.2) is 8.78 Å². The van der Waals surface area contributed by atoms with Crippen molar-refractivity contribution >= 4 is 16.8 Å². The van der Waals surface area contributed by atoms with Crippen LogP contribution < -0.4 is 4.74 Å². The molecule has 152 valence electrons. The summed E-state index contributed by atoms with van der Waals surface area (Å²) in [5.41, 5.74) is 1.80. The number of hydrogen-bond acceptors (Lipinski definition) is 3. The van der Waals surface area contributed by atoms with Crippen molar-refractivity contribution in [1.29, 1.82) is 0 Å². The summed E-state index contributed by atoms with van der Waals surface area (Å²) < 4.78 is 33.1. The van der Waals surface area contributed by atoms with Gasteiger partial charge in [-0.3, -0.25) is 4.79 Å². The number of halogens is 2. The maximum absolute atomic E-state index is 13.9. The number of ether oxygens (including phenoxy) is 1. The SMILES string of the molecule is Cc1c(C(=O)N2CC[C@H](Oc3ccccc3F)[C@@H](O)CC2)[nH]c2ccc(F)cc12. The maximum atomic E-state index is 13.9. The Labute approximate surface area is 166 Å². The molecule has 2 N–H and O–H groups in total. The van der Waals surface area contributed by atoms with Crippen LogP contribution in [0.15, 0.2) is 42.5 Å². The fraction of sp³-hybridized carbons (Fsp3) is 0.318. The molecule has 29 heavy (non-hydrogen) atoms. The molecule has 0 aliphatic carbocycles. The summed E-state index contributed by atoms with van der Waals surface area (Å²) in [6.45, 7) is 2.49. The number of likely N-dealkylation sites (tertiary alicyclic amines) is 1. The molecule has 0 spiro atoms. The van der Waals surface area contributed by atoms with Crippen LogP contribution in [0.3, 0.4) is 0 Å². The first-order valence-electron chi connectivity index (χ1n) is 9.60. The molecule has 2 aromatic carbocycles. The number of hydrogen-bond donors (Lipinski definition) is 2. The van der Waals surface area contributed by atoms with Gasteiger partial charge >= 0.3 is 0 Å². The topological polar surface area (TPSA) is 65.6 Å². The van der Waals surface area contributed by atoms with Crippen LogP contribution in [0, 0.1) is 18.6 Å². The van der Waals surface area contributed by atoms with Crippen molar-refractivity contribution in [3.63, 3.8) is 0 Å². The van der Waals surface area contributed by atoms with Gasteiger partial charge in [0, 0.05) is 30.4 Å². The van der Waals surface area contributed by atoms with E-state index >= 15 is 0 Å². The number of aromatic amines is 1. The van der Waals surface area contributed by atoms with Crippen LogP contribution >= 0.6 is 0 Å². The number of para-hydroxylation sites is 1. The quantitative estimate of drug-likeness (QED) is 0.703. The Bertz CT molecular complexity index is 1050. The second-order valence-corrected chi connectivity index (χ2v) is 7.34. The van der Waals surface area contributed by atoms with E-state index in [1.165, 1.54) is 24.3 Å². The molecular formula is C22H22F2N2O3. The first-order chi connectivity index (χ1) is 13.9. The molecule has 1 amide bonds. The molecule has 4 rings (SSSR count). The predicted octanol–water partition coefficient (Wildman–Crippen LogP) is 3.80. The molecule has 3 aromatic rings. The van der Waals surface area contributed by atoms with Crippen molar-refractivity contribution in [2.24, 2.45) is 0 Å². The Morgan fingerprint density at radius 3 is 2.72 bits per heavy atom. The highest BCUT2D eigenvalue weighted by atomic mass is 19.1. The summed E-state index contributed by atoms with van der Waals surface area (Å²) in [4.78, 5) is 17.8. The Kier molecular flexibility index (Phi) is 5.24. The molecule has 0 radical (unpaired) electrons. The minimum atomic E-state index is -0.815. The summed E-state index contributed by atoms with van der Waals surface area (Å²) in [6.07, 6.45) is -0.735. The van der Waals surface area contributed by atoms with Gasteiger partial charge in [-0.1, -0.05) is 12.1 Å². The van der Waals surface area contributed by atoms with Gasteiger partial charge in [0.05, 0.1) is 6.10 Å². The number of carbonyl (C=O) groups excluding carboxylic acids is 1. The van der Waals surface area contributed by atoms with E-state index in [9.17, 15) is 18.7 Å². The minimum Gasteiger partial charge on any atom is -0.485 e. The van der Waals surface area contributed by atoms with Crippen molar-refractivity contribution in [3.8, 4) is 5.75 Å². The van der Waals surface area contributed by atoms with Crippen LogP contribution in [0.4, 0.5) is 8.78 Å². The van der Waals surface area contributed by atoms with Crippen LogP contribution in [0.5, 0.6) is 5.75 Å². The number of aromatic nitrogens is 1. The van der Waals surface area contributed by atoms with Crippen LogP contribution in [0.25, 0.3) is 10.9 Å². The molecular weight excluding hydrogens is 378 g/mol. The number of amides is 1. The summed E-state index contributed by atoms with van der Waals surface area (Å²) in [6, 6.07) is 10.4. The number of rotatable bonds is 3. The molecule has 2 heterocycles. The van der Waals surface area contributed by atoms with Gasteiger partial charge in [0.2, 0.25) is 0 Å². The van der Waals surface area contributed by atoms with E-state index < -0.39 is 18.0 Å². The highest BCUT2D eigenvalue weighted by Crippen LogP contribution is 2.26. The van der Waals surface area contributed by atoms with E-state index in [2.05, 4.69) is 4.98 Å². The Morgan fingerprint density at radius 1 is 1.17 bits per heavy atom. The molecule has 1 aliphatic rings.